The first-order valence-corrected chi connectivity index (χ1v) is 4.34. The lowest BCUT2D eigenvalue weighted by Crippen LogP contribution is -2.21. The summed E-state index contributed by atoms with van der Waals surface area (Å²) in [5.41, 5.74) is 0. The van der Waals surface area contributed by atoms with E-state index in [2.05, 4.69) is 10.6 Å². The number of carboxylic acids is 1. The molecule has 88 valence electrons. The Hall–Kier alpha value is -0.0300. The van der Waals surface area contributed by atoms with E-state index < -0.39 is 5.97 Å². The number of carboxylic acid groups (broad SMARTS) is 1. The predicted octanol–water partition coefficient (Wildman–Crippen LogP) is 0.894. The summed E-state index contributed by atoms with van der Waals surface area (Å²) in [5.74, 6) is -0.716. The third-order valence-corrected chi connectivity index (χ3v) is 1.52. The van der Waals surface area contributed by atoms with Gasteiger partial charge in [0.05, 0.1) is 0 Å². The highest BCUT2D eigenvalue weighted by atomic mass is 35.5. The van der Waals surface area contributed by atoms with Crippen molar-refractivity contribution < 1.29 is 9.90 Å². The topological polar surface area (TPSA) is 61.4 Å². The molecule has 0 saturated heterocycles. The van der Waals surface area contributed by atoms with Crippen molar-refractivity contribution in [1.29, 1.82) is 0 Å². The molecule has 0 radical (unpaired) electrons. The zero-order valence-corrected chi connectivity index (χ0v) is 10.0. The van der Waals surface area contributed by atoms with Gasteiger partial charge in [0.15, 0.2) is 0 Å². The smallest absolute Gasteiger partial charge is 0.303 e. The average Bonchev–Trinajstić information content (AvgIpc) is 2.02. The molecule has 0 aromatic carbocycles. The van der Waals surface area contributed by atoms with E-state index in [9.17, 15) is 4.79 Å². The molecule has 0 amide bonds. The Morgan fingerprint density at radius 1 is 1.14 bits per heavy atom. The van der Waals surface area contributed by atoms with Crippen molar-refractivity contribution in [2.45, 2.75) is 19.3 Å². The van der Waals surface area contributed by atoms with E-state index in [1.54, 1.807) is 0 Å². The van der Waals surface area contributed by atoms with Crippen LogP contribution in [-0.4, -0.2) is 37.8 Å². The molecule has 0 unspecified atom stereocenters. The standard InChI is InChI=1S/C8H18N2O2.2ClH/c1-9-5-3-7-10-6-2-4-8(11)12;;/h9-10H,2-7H2,1H3,(H,11,12);2*1H. The molecule has 0 spiro atoms. The fraction of sp³-hybridized carbons (Fsp3) is 0.875. The van der Waals surface area contributed by atoms with Crippen LogP contribution in [0.2, 0.25) is 0 Å². The lowest BCUT2D eigenvalue weighted by Gasteiger charge is -2.02. The molecule has 0 atom stereocenters. The number of nitrogens with one attached hydrogen (secondary N) is 2. The van der Waals surface area contributed by atoms with E-state index in [1.807, 2.05) is 7.05 Å². The second-order valence-electron chi connectivity index (χ2n) is 2.70. The van der Waals surface area contributed by atoms with Crippen molar-refractivity contribution in [3.63, 3.8) is 0 Å². The third-order valence-electron chi connectivity index (χ3n) is 1.52. The molecule has 0 aliphatic carbocycles. The number of rotatable bonds is 8. The maximum atomic E-state index is 10.1. The molecule has 0 rings (SSSR count). The van der Waals surface area contributed by atoms with Crippen LogP contribution in [-0.2, 0) is 4.79 Å². The predicted molar refractivity (Wildman–Crippen MR) is 62.8 cm³/mol. The first-order valence-electron chi connectivity index (χ1n) is 4.34. The van der Waals surface area contributed by atoms with Gasteiger partial charge in [-0.15, -0.1) is 24.8 Å². The average molecular weight is 247 g/mol. The number of carbonyl (C=O) groups is 1. The minimum absolute atomic E-state index is 0. The molecule has 0 aliphatic heterocycles. The first-order chi connectivity index (χ1) is 5.77. The van der Waals surface area contributed by atoms with E-state index in [4.69, 9.17) is 5.11 Å². The van der Waals surface area contributed by atoms with Crippen LogP contribution in [0.1, 0.15) is 19.3 Å². The molecule has 0 fully saturated rings. The largest absolute Gasteiger partial charge is 0.481 e. The van der Waals surface area contributed by atoms with Crippen LogP contribution >= 0.6 is 24.8 Å². The SMILES string of the molecule is CNCCCNCCCC(=O)O.Cl.Cl. The Labute approximate surface area is 97.7 Å². The second kappa shape index (κ2) is 15.4. The molecule has 3 N–H and O–H groups in total. The van der Waals surface area contributed by atoms with Gasteiger partial charge in [-0.05, 0) is 39.5 Å². The molecule has 14 heavy (non-hydrogen) atoms. The Bertz CT molecular complexity index is 126. The molecule has 4 nitrogen and oxygen atoms in total. The van der Waals surface area contributed by atoms with Gasteiger partial charge in [0, 0.05) is 6.42 Å². The normalized spacial score (nSPS) is 8.64. The molecule has 6 heteroatoms. The van der Waals surface area contributed by atoms with Gasteiger partial charge in [-0.1, -0.05) is 0 Å². The molecular formula is C8H20Cl2N2O2. The van der Waals surface area contributed by atoms with Gasteiger partial charge >= 0.3 is 5.97 Å². The van der Waals surface area contributed by atoms with Crippen molar-refractivity contribution >= 4 is 30.8 Å². The molecule has 0 aliphatic rings. The molecule has 0 aromatic rings. The quantitative estimate of drug-likeness (QED) is 0.557. The number of hydrogen-bond donors (Lipinski definition) is 3. The van der Waals surface area contributed by atoms with Crippen molar-refractivity contribution in [2.75, 3.05) is 26.7 Å². The zero-order valence-electron chi connectivity index (χ0n) is 8.41. The maximum absolute atomic E-state index is 10.1. The summed E-state index contributed by atoms with van der Waals surface area (Å²) in [4.78, 5) is 10.1. The third kappa shape index (κ3) is 17.9. The van der Waals surface area contributed by atoms with Crippen molar-refractivity contribution in [1.82, 2.24) is 10.6 Å². The summed E-state index contributed by atoms with van der Waals surface area (Å²) in [5, 5.41) is 14.5. The molecule has 0 bridgehead atoms. The highest BCUT2D eigenvalue weighted by Gasteiger charge is 1.94. The van der Waals surface area contributed by atoms with Crippen LogP contribution in [0, 0.1) is 0 Å². The van der Waals surface area contributed by atoms with Crippen LogP contribution in [0.15, 0.2) is 0 Å². The Morgan fingerprint density at radius 3 is 2.21 bits per heavy atom. The minimum Gasteiger partial charge on any atom is -0.481 e. The van der Waals surface area contributed by atoms with Crippen LogP contribution in [0.5, 0.6) is 0 Å². The lowest BCUT2D eigenvalue weighted by atomic mass is 10.3. The minimum atomic E-state index is -0.716. The molecular weight excluding hydrogens is 227 g/mol. The van der Waals surface area contributed by atoms with Crippen LogP contribution in [0.25, 0.3) is 0 Å². The van der Waals surface area contributed by atoms with Crippen LogP contribution < -0.4 is 10.6 Å². The number of halogens is 2. The summed E-state index contributed by atoms with van der Waals surface area (Å²) in [6.45, 7) is 2.77. The van der Waals surface area contributed by atoms with Gasteiger partial charge < -0.3 is 15.7 Å². The fourth-order valence-corrected chi connectivity index (χ4v) is 0.880. The molecule has 0 aromatic heterocycles. The van der Waals surface area contributed by atoms with E-state index in [-0.39, 0.29) is 31.2 Å². The fourth-order valence-electron chi connectivity index (χ4n) is 0.880. The Morgan fingerprint density at radius 2 is 1.71 bits per heavy atom. The summed E-state index contributed by atoms with van der Waals surface area (Å²) >= 11 is 0. The van der Waals surface area contributed by atoms with Crippen LogP contribution in [0.3, 0.4) is 0 Å². The van der Waals surface area contributed by atoms with E-state index in [1.165, 1.54) is 0 Å². The Kier molecular flexibility index (Phi) is 21.5. The second-order valence-corrected chi connectivity index (χ2v) is 2.70. The summed E-state index contributed by atoms with van der Waals surface area (Å²) in [7, 11) is 1.92. The van der Waals surface area contributed by atoms with Crippen molar-refractivity contribution in [3.8, 4) is 0 Å². The Balaban J connectivity index is -0.000000605. The summed E-state index contributed by atoms with van der Waals surface area (Å²) < 4.78 is 0. The van der Waals surface area contributed by atoms with Crippen molar-refractivity contribution in [2.24, 2.45) is 0 Å². The first kappa shape index (κ1) is 19.5. The van der Waals surface area contributed by atoms with Crippen LogP contribution in [0.4, 0.5) is 0 Å². The van der Waals surface area contributed by atoms with E-state index >= 15 is 0 Å². The van der Waals surface area contributed by atoms with E-state index in [0.717, 1.165) is 32.5 Å². The highest BCUT2D eigenvalue weighted by Crippen LogP contribution is 1.85. The summed E-state index contributed by atoms with van der Waals surface area (Å²) in [6, 6.07) is 0. The maximum Gasteiger partial charge on any atom is 0.303 e. The summed E-state index contributed by atoms with van der Waals surface area (Å²) in [6.07, 6.45) is 2.07. The monoisotopic (exact) mass is 246 g/mol. The zero-order chi connectivity index (χ0) is 9.23. The number of aliphatic carboxylic acids is 1. The lowest BCUT2D eigenvalue weighted by molar-refractivity contribution is -0.137. The van der Waals surface area contributed by atoms with E-state index in [0.29, 0.717) is 0 Å². The van der Waals surface area contributed by atoms with Gasteiger partial charge in [-0.2, -0.15) is 0 Å². The van der Waals surface area contributed by atoms with Gasteiger partial charge in [-0.3, -0.25) is 4.79 Å². The molecule has 0 saturated carbocycles. The van der Waals surface area contributed by atoms with Crippen molar-refractivity contribution in [3.05, 3.63) is 0 Å². The van der Waals surface area contributed by atoms with Gasteiger partial charge in [0.25, 0.3) is 0 Å². The number of hydrogen-bond acceptors (Lipinski definition) is 3. The van der Waals surface area contributed by atoms with Gasteiger partial charge in [-0.25, -0.2) is 0 Å². The molecule has 0 heterocycles. The van der Waals surface area contributed by atoms with Gasteiger partial charge in [0.2, 0.25) is 0 Å². The van der Waals surface area contributed by atoms with Gasteiger partial charge in [0.1, 0.15) is 0 Å². The highest BCUT2D eigenvalue weighted by molar-refractivity contribution is 5.85.